The molecule has 0 saturated heterocycles. The van der Waals surface area contributed by atoms with Gasteiger partial charge in [-0.3, -0.25) is 5.41 Å². The second-order valence-corrected chi connectivity index (χ2v) is 6.19. The number of hydrogen-bond acceptors (Lipinski definition) is 5. The summed E-state index contributed by atoms with van der Waals surface area (Å²) in [5.74, 6) is 1.83. The Labute approximate surface area is 159 Å². The summed E-state index contributed by atoms with van der Waals surface area (Å²) in [4.78, 5) is 8.93. The quantitative estimate of drug-likeness (QED) is 0.542. The first-order chi connectivity index (χ1) is 11.6. The standard InChI is InChI=1S/C18H23N5O.ClH.H2O/c1-12-11-16(24-15-9-7-13(8-10-15)17(19)20)23-18(21-12)22-14-5-3-2-4-6-14;;/h7-11,14H,2-6H2,1H3,(H3,19,20)(H,21,22,23);1H;1H2. The second-order valence-electron chi connectivity index (χ2n) is 6.19. The van der Waals surface area contributed by atoms with Crippen LogP contribution in [0.3, 0.4) is 0 Å². The molecule has 142 valence electrons. The summed E-state index contributed by atoms with van der Waals surface area (Å²) >= 11 is 0. The van der Waals surface area contributed by atoms with Gasteiger partial charge in [0, 0.05) is 23.4 Å². The van der Waals surface area contributed by atoms with Crippen LogP contribution in [0.25, 0.3) is 0 Å². The van der Waals surface area contributed by atoms with Gasteiger partial charge in [0.1, 0.15) is 11.6 Å². The molecule has 2 aromatic rings. The van der Waals surface area contributed by atoms with Gasteiger partial charge >= 0.3 is 0 Å². The van der Waals surface area contributed by atoms with Crippen LogP contribution in [0.2, 0.25) is 0 Å². The highest BCUT2D eigenvalue weighted by Gasteiger charge is 2.15. The predicted molar refractivity (Wildman–Crippen MR) is 106 cm³/mol. The number of halogens is 1. The largest absolute Gasteiger partial charge is 0.439 e. The zero-order valence-corrected chi connectivity index (χ0v) is 15.6. The first-order valence-electron chi connectivity index (χ1n) is 8.35. The molecule has 8 heteroatoms. The van der Waals surface area contributed by atoms with Gasteiger partial charge in [0.2, 0.25) is 11.8 Å². The van der Waals surface area contributed by atoms with E-state index in [1.165, 1.54) is 32.1 Å². The van der Waals surface area contributed by atoms with E-state index in [0.717, 1.165) is 5.69 Å². The number of benzene rings is 1. The Morgan fingerprint density at radius 1 is 1.15 bits per heavy atom. The first-order valence-corrected chi connectivity index (χ1v) is 8.35. The van der Waals surface area contributed by atoms with Gasteiger partial charge in [-0.15, -0.1) is 12.4 Å². The molecule has 1 aliphatic rings. The van der Waals surface area contributed by atoms with Gasteiger partial charge in [-0.2, -0.15) is 4.98 Å². The van der Waals surface area contributed by atoms with Crippen molar-refractivity contribution in [2.75, 3.05) is 5.32 Å². The van der Waals surface area contributed by atoms with Crippen LogP contribution in [0.15, 0.2) is 30.3 Å². The predicted octanol–water partition coefficient (Wildman–Crippen LogP) is 3.20. The Balaban J connectivity index is 0.00000169. The van der Waals surface area contributed by atoms with Gasteiger partial charge in [0.25, 0.3) is 0 Å². The summed E-state index contributed by atoms with van der Waals surface area (Å²) in [6.07, 6.45) is 6.17. The number of amidine groups is 1. The smallest absolute Gasteiger partial charge is 0.226 e. The average molecular weight is 380 g/mol. The highest BCUT2D eigenvalue weighted by atomic mass is 35.5. The summed E-state index contributed by atoms with van der Waals surface area (Å²) in [5.41, 5.74) is 6.99. The number of rotatable bonds is 5. The zero-order valence-electron chi connectivity index (χ0n) is 14.8. The molecule has 0 radical (unpaired) electrons. The lowest BCUT2D eigenvalue weighted by Crippen LogP contribution is -2.23. The van der Waals surface area contributed by atoms with Gasteiger partial charge in [-0.05, 0) is 44.0 Å². The molecule has 0 atom stereocenters. The van der Waals surface area contributed by atoms with Crippen molar-refractivity contribution in [2.45, 2.75) is 45.1 Å². The molecular weight excluding hydrogens is 354 g/mol. The van der Waals surface area contributed by atoms with E-state index < -0.39 is 0 Å². The topological polar surface area (TPSA) is 128 Å². The molecule has 1 aromatic carbocycles. The Morgan fingerprint density at radius 2 is 1.81 bits per heavy atom. The lowest BCUT2D eigenvalue weighted by Gasteiger charge is -2.23. The molecule has 7 nitrogen and oxygen atoms in total. The van der Waals surface area contributed by atoms with Gasteiger partial charge in [-0.25, -0.2) is 4.98 Å². The molecular formula is C18H26ClN5O2. The average Bonchev–Trinajstić information content (AvgIpc) is 2.55. The third-order valence-electron chi connectivity index (χ3n) is 4.16. The van der Waals surface area contributed by atoms with Crippen LogP contribution in [0, 0.1) is 12.3 Å². The van der Waals surface area contributed by atoms with E-state index >= 15 is 0 Å². The lowest BCUT2D eigenvalue weighted by atomic mass is 9.96. The summed E-state index contributed by atoms with van der Waals surface area (Å²) < 4.78 is 5.82. The Bertz CT molecular complexity index is 718. The van der Waals surface area contributed by atoms with E-state index in [2.05, 4.69) is 15.3 Å². The van der Waals surface area contributed by atoms with E-state index in [-0.39, 0.29) is 23.7 Å². The number of aromatic nitrogens is 2. The maximum Gasteiger partial charge on any atom is 0.226 e. The third-order valence-corrected chi connectivity index (χ3v) is 4.16. The van der Waals surface area contributed by atoms with Crippen molar-refractivity contribution in [1.82, 2.24) is 9.97 Å². The van der Waals surface area contributed by atoms with E-state index in [1.54, 1.807) is 24.3 Å². The third kappa shape index (κ3) is 5.86. The monoisotopic (exact) mass is 379 g/mol. The minimum absolute atomic E-state index is 0. The Morgan fingerprint density at radius 3 is 2.42 bits per heavy atom. The van der Waals surface area contributed by atoms with Crippen molar-refractivity contribution in [3.63, 3.8) is 0 Å². The molecule has 1 fully saturated rings. The molecule has 0 spiro atoms. The molecule has 3 rings (SSSR count). The van der Waals surface area contributed by atoms with Gasteiger partial charge in [0.15, 0.2) is 0 Å². The van der Waals surface area contributed by atoms with Gasteiger partial charge in [0.05, 0.1) is 0 Å². The highest BCUT2D eigenvalue weighted by molar-refractivity contribution is 5.94. The van der Waals surface area contributed by atoms with Gasteiger partial charge < -0.3 is 21.3 Å². The molecule has 26 heavy (non-hydrogen) atoms. The highest BCUT2D eigenvalue weighted by Crippen LogP contribution is 2.24. The van der Waals surface area contributed by atoms with Crippen LogP contribution < -0.4 is 15.8 Å². The Hall–Kier alpha value is -2.38. The number of anilines is 1. The molecule has 1 aromatic heterocycles. The summed E-state index contributed by atoms with van der Waals surface area (Å²) in [5, 5.41) is 10.8. The van der Waals surface area contributed by atoms with Crippen molar-refractivity contribution in [3.8, 4) is 11.6 Å². The summed E-state index contributed by atoms with van der Waals surface area (Å²) in [6, 6.07) is 9.33. The van der Waals surface area contributed by atoms with E-state index in [1.807, 2.05) is 13.0 Å². The van der Waals surface area contributed by atoms with Crippen molar-refractivity contribution < 1.29 is 10.2 Å². The first kappa shape index (κ1) is 21.7. The fraction of sp³-hybridized carbons (Fsp3) is 0.389. The number of nitrogen functional groups attached to an aromatic ring is 1. The number of nitrogens with one attached hydrogen (secondary N) is 2. The van der Waals surface area contributed by atoms with Crippen LogP contribution in [0.1, 0.15) is 43.4 Å². The number of ether oxygens (including phenoxy) is 1. The molecule has 0 amide bonds. The van der Waals surface area contributed by atoms with Crippen molar-refractivity contribution >= 4 is 24.2 Å². The van der Waals surface area contributed by atoms with Crippen molar-refractivity contribution in [2.24, 2.45) is 5.73 Å². The van der Waals surface area contributed by atoms with E-state index in [0.29, 0.717) is 29.2 Å². The normalized spacial score (nSPS) is 13.9. The molecule has 1 saturated carbocycles. The number of nitrogens with two attached hydrogens (primary N) is 1. The lowest BCUT2D eigenvalue weighted by molar-refractivity contribution is 0.451. The number of nitrogens with zero attached hydrogens (tertiary/aromatic N) is 2. The van der Waals surface area contributed by atoms with Crippen LogP contribution >= 0.6 is 12.4 Å². The van der Waals surface area contributed by atoms with Crippen LogP contribution in [0.5, 0.6) is 11.6 Å². The van der Waals surface area contributed by atoms with Crippen LogP contribution in [-0.4, -0.2) is 27.3 Å². The summed E-state index contributed by atoms with van der Waals surface area (Å²) in [6.45, 7) is 1.93. The van der Waals surface area contributed by atoms with Crippen LogP contribution in [0.4, 0.5) is 5.95 Å². The maximum atomic E-state index is 7.41. The number of hydrogen-bond donors (Lipinski definition) is 3. The van der Waals surface area contributed by atoms with Crippen LogP contribution in [-0.2, 0) is 0 Å². The second kappa shape index (κ2) is 9.94. The molecule has 0 aliphatic heterocycles. The fourth-order valence-corrected chi connectivity index (χ4v) is 2.91. The zero-order chi connectivity index (χ0) is 16.9. The SMILES string of the molecule is Cc1cc(Oc2ccc(C(=N)N)cc2)nc(NC2CCCCC2)n1.Cl.O. The van der Waals surface area contributed by atoms with Crippen molar-refractivity contribution in [3.05, 3.63) is 41.6 Å². The minimum Gasteiger partial charge on any atom is -0.439 e. The Kier molecular flexibility index (Phi) is 8.28. The van der Waals surface area contributed by atoms with E-state index in [9.17, 15) is 0 Å². The fourth-order valence-electron chi connectivity index (χ4n) is 2.91. The summed E-state index contributed by atoms with van der Waals surface area (Å²) in [7, 11) is 0. The molecule has 1 heterocycles. The molecule has 0 unspecified atom stereocenters. The minimum atomic E-state index is 0. The van der Waals surface area contributed by atoms with Crippen molar-refractivity contribution in [1.29, 1.82) is 5.41 Å². The maximum absolute atomic E-state index is 7.41. The molecule has 1 aliphatic carbocycles. The number of aryl methyl sites for hydroxylation is 1. The molecule has 0 bridgehead atoms. The van der Waals surface area contributed by atoms with E-state index in [4.69, 9.17) is 15.9 Å². The molecule has 6 N–H and O–H groups in total. The van der Waals surface area contributed by atoms with Gasteiger partial charge in [-0.1, -0.05) is 19.3 Å².